The Morgan fingerprint density at radius 3 is 2.52 bits per heavy atom. The van der Waals surface area contributed by atoms with E-state index < -0.39 is 28.5 Å². The molecule has 2 aromatic carbocycles. The molecule has 2 aliphatic rings. The van der Waals surface area contributed by atoms with Gasteiger partial charge < -0.3 is 24.8 Å². The van der Waals surface area contributed by atoms with Gasteiger partial charge >= 0.3 is 0 Å². The minimum absolute atomic E-state index is 0.0180. The van der Waals surface area contributed by atoms with Gasteiger partial charge in [0.1, 0.15) is 39.8 Å². The zero-order valence-electron chi connectivity index (χ0n) is 23.5. The normalized spacial score (nSPS) is 19.4. The molecule has 1 aliphatic heterocycles. The van der Waals surface area contributed by atoms with Crippen LogP contribution >= 0.6 is 0 Å². The van der Waals surface area contributed by atoms with E-state index in [2.05, 4.69) is 29.8 Å². The molecule has 0 fully saturated rings. The maximum atomic E-state index is 13.9. The van der Waals surface area contributed by atoms with Crippen molar-refractivity contribution >= 4 is 28.4 Å². The molecule has 0 spiro atoms. The van der Waals surface area contributed by atoms with Crippen LogP contribution in [0.2, 0.25) is 0 Å². The molecule has 1 aliphatic carbocycles. The molecule has 0 radical (unpaired) electrons. The number of carbonyl (C=O) groups excluding carboxylic acids is 3. The van der Waals surface area contributed by atoms with Crippen molar-refractivity contribution in [3.63, 3.8) is 0 Å². The summed E-state index contributed by atoms with van der Waals surface area (Å²) in [6.07, 6.45) is 2.65. The number of Topliss-reactive ketones (excluding diaryl/α,β-unsaturated/α-hetero) is 2. The van der Waals surface area contributed by atoms with E-state index in [1.807, 2.05) is 18.2 Å². The Kier molecular flexibility index (Phi) is 6.56. The minimum atomic E-state index is -1.53. The number of allylic oxidation sites excluding steroid dienone is 4. The Labute approximate surface area is 232 Å². The lowest BCUT2D eigenvalue weighted by atomic mass is 9.70. The zero-order valence-corrected chi connectivity index (χ0v) is 23.5. The number of ketones is 3. The van der Waals surface area contributed by atoms with Crippen LogP contribution < -0.4 is 10.1 Å². The number of aromatic hydroxyl groups is 2. The third-order valence-electron chi connectivity index (χ3n) is 7.91. The Morgan fingerprint density at radius 2 is 1.85 bits per heavy atom. The van der Waals surface area contributed by atoms with Crippen LogP contribution in [0.15, 0.2) is 47.4 Å². The highest BCUT2D eigenvalue weighted by Crippen LogP contribution is 2.57. The van der Waals surface area contributed by atoms with Crippen LogP contribution in [0.1, 0.15) is 74.4 Å². The Bertz CT molecular complexity index is 1680. The van der Waals surface area contributed by atoms with Gasteiger partial charge in [-0.3, -0.25) is 14.4 Å². The molecule has 0 saturated carbocycles. The number of hydrogen-bond donors (Lipinski definition) is 3. The number of rotatable bonds is 7. The number of imidazole rings is 1. The van der Waals surface area contributed by atoms with E-state index in [4.69, 9.17) is 9.72 Å². The van der Waals surface area contributed by atoms with Gasteiger partial charge in [0.2, 0.25) is 0 Å². The first kappa shape index (κ1) is 27.2. The maximum absolute atomic E-state index is 13.9. The Hall–Kier alpha value is -4.40. The molecule has 1 unspecified atom stereocenters. The summed E-state index contributed by atoms with van der Waals surface area (Å²) in [6.45, 7) is 10.7. The van der Waals surface area contributed by atoms with Crippen LogP contribution in [0.25, 0.3) is 11.0 Å². The van der Waals surface area contributed by atoms with Gasteiger partial charge in [0.15, 0.2) is 17.3 Å². The van der Waals surface area contributed by atoms with Crippen molar-refractivity contribution in [3.05, 3.63) is 69.9 Å². The average Bonchev–Trinajstić information content (AvgIpc) is 3.41. The van der Waals surface area contributed by atoms with Crippen molar-refractivity contribution in [2.45, 2.75) is 65.8 Å². The number of fused-ring (bicyclic) bond motifs is 4. The summed E-state index contributed by atoms with van der Waals surface area (Å²) < 4.78 is 8.04. The predicted octanol–water partition coefficient (Wildman–Crippen LogP) is 4.72. The maximum Gasteiger partial charge on any atom is 0.194 e. The molecule has 3 aromatic rings. The van der Waals surface area contributed by atoms with Crippen molar-refractivity contribution < 1.29 is 29.3 Å². The number of nitrogens with one attached hydrogen (secondary N) is 1. The molecular weight excluding hydrogens is 510 g/mol. The van der Waals surface area contributed by atoms with Gasteiger partial charge in [-0.25, -0.2) is 4.98 Å². The standard InChI is InChI=1S/C31H33N3O6/c1-15(2)34-20-11-8-7-10-19(20)33-23(34)12-9-13-32-17(4)24-21(36)14-22-31(6,30(24)39)26-28(38)16(3)27(37)25(18(5)35)29(26)40-22/h7-8,10-11,14-15,32,37-38H,9,12-13H2,1-6H3. The second-order valence-electron chi connectivity index (χ2n) is 10.9. The van der Waals surface area contributed by atoms with Gasteiger partial charge in [0, 0.05) is 36.3 Å². The van der Waals surface area contributed by atoms with Gasteiger partial charge in [-0.2, -0.15) is 0 Å². The first-order chi connectivity index (χ1) is 18.9. The molecule has 3 N–H and O–H groups in total. The lowest BCUT2D eigenvalue weighted by molar-refractivity contribution is -0.123. The van der Waals surface area contributed by atoms with E-state index in [0.717, 1.165) is 16.9 Å². The number of aryl methyl sites for hydroxylation is 1. The number of carbonyl (C=O) groups is 3. The van der Waals surface area contributed by atoms with E-state index in [-0.39, 0.29) is 45.6 Å². The molecule has 0 saturated heterocycles. The van der Waals surface area contributed by atoms with Gasteiger partial charge in [0.05, 0.1) is 22.2 Å². The highest BCUT2D eigenvalue weighted by molar-refractivity contribution is 6.31. The number of phenolic OH excluding ortho intramolecular Hbond substituents is 2. The average molecular weight is 544 g/mol. The second-order valence-corrected chi connectivity index (χ2v) is 10.9. The molecule has 9 nitrogen and oxygen atoms in total. The van der Waals surface area contributed by atoms with E-state index in [9.17, 15) is 24.6 Å². The van der Waals surface area contributed by atoms with Gasteiger partial charge in [-0.1, -0.05) is 12.1 Å². The molecule has 40 heavy (non-hydrogen) atoms. The van der Waals surface area contributed by atoms with Crippen molar-refractivity contribution in [1.29, 1.82) is 0 Å². The summed E-state index contributed by atoms with van der Waals surface area (Å²) in [5.41, 5.74) is 0.899. The summed E-state index contributed by atoms with van der Waals surface area (Å²) in [6, 6.07) is 8.28. The van der Waals surface area contributed by atoms with Crippen LogP contribution in [0, 0.1) is 6.92 Å². The number of phenols is 2. The van der Waals surface area contributed by atoms with E-state index in [0.29, 0.717) is 25.1 Å². The minimum Gasteiger partial charge on any atom is -0.507 e. The van der Waals surface area contributed by atoms with Crippen LogP contribution in [-0.2, 0) is 21.4 Å². The lowest BCUT2D eigenvalue weighted by Gasteiger charge is -2.29. The molecule has 2 heterocycles. The number of ether oxygens (including phenoxy) is 1. The van der Waals surface area contributed by atoms with E-state index >= 15 is 0 Å². The molecule has 5 rings (SSSR count). The summed E-state index contributed by atoms with van der Waals surface area (Å²) in [5, 5.41) is 24.7. The SMILES string of the molecule is CC(=O)c1c(O)c(C)c(O)c2c1OC1=CC(=O)C(=C(C)NCCCc3nc4ccccc4n3C(C)C)C(=O)C12C. The second kappa shape index (κ2) is 9.66. The fourth-order valence-electron chi connectivity index (χ4n) is 5.82. The summed E-state index contributed by atoms with van der Waals surface area (Å²) in [7, 11) is 0. The smallest absolute Gasteiger partial charge is 0.194 e. The fourth-order valence-corrected chi connectivity index (χ4v) is 5.82. The molecule has 0 bridgehead atoms. The number of hydrogen-bond acceptors (Lipinski definition) is 8. The summed E-state index contributed by atoms with van der Waals surface area (Å²) in [4.78, 5) is 44.2. The fraction of sp³-hybridized carbons (Fsp3) is 0.355. The van der Waals surface area contributed by atoms with Gasteiger partial charge in [-0.05, 0) is 60.1 Å². The van der Waals surface area contributed by atoms with Gasteiger partial charge in [0.25, 0.3) is 0 Å². The number of nitrogens with zero attached hydrogens (tertiary/aromatic N) is 2. The monoisotopic (exact) mass is 543 g/mol. The topological polar surface area (TPSA) is 131 Å². The molecule has 208 valence electrons. The van der Waals surface area contributed by atoms with Crippen LogP contribution in [0.3, 0.4) is 0 Å². The number of para-hydroxylation sites is 2. The molecule has 1 atom stereocenters. The molecule has 0 amide bonds. The highest BCUT2D eigenvalue weighted by atomic mass is 16.5. The summed E-state index contributed by atoms with van der Waals surface area (Å²) in [5.74, 6) is -1.42. The predicted molar refractivity (Wildman–Crippen MR) is 150 cm³/mol. The largest absolute Gasteiger partial charge is 0.507 e. The molecule has 1 aromatic heterocycles. The first-order valence-corrected chi connectivity index (χ1v) is 13.4. The van der Waals surface area contributed by atoms with E-state index in [1.165, 1.54) is 19.9 Å². The van der Waals surface area contributed by atoms with Crippen LogP contribution in [0.4, 0.5) is 0 Å². The highest BCUT2D eigenvalue weighted by Gasteiger charge is 2.56. The summed E-state index contributed by atoms with van der Waals surface area (Å²) >= 11 is 0. The first-order valence-electron chi connectivity index (χ1n) is 13.4. The molecular formula is C31H33N3O6. The number of aromatic nitrogens is 2. The number of benzene rings is 2. The van der Waals surface area contributed by atoms with Crippen molar-refractivity contribution in [1.82, 2.24) is 14.9 Å². The van der Waals surface area contributed by atoms with Crippen LogP contribution in [-0.4, -0.2) is 43.7 Å². The van der Waals surface area contributed by atoms with Crippen molar-refractivity contribution in [3.8, 4) is 17.2 Å². The third kappa shape index (κ3) is 3.91. The lowest BCUT2D eigenvalue weighted by Crippen LogP contribution is -2.41. The molecule has 9 heteroatoms. The Morgan fingerprint density at radius 1 is 1.15 bits per heavy atom. The van der Waals surface area contributed by atoms with Crippen LogP contribution in [0.5, 0.6) is 17.2 Å². The van der Waals surface area contributed by atoms with Crippen molar-refractivity contribution in [2.24, 2.45) is 0 Å². The third-order valence-corrected chi connectivity index (χ3v) is 7.91. The van der Waals surface area contributed by atoms with E-state index in [1.54, 1.807) is 13.8 Å². The van der Waals surface area contributed by atoms with Gasteiger partial charge in [-0.15, -0.1) is 0 Å². The van der Waals surface area contributed by atoms with Crippen molar-refractivity contribution in [2.75, 3.05) is 6.54 Å². The Balaban J connectivity index is 1.42. The quantitative estimate of drug-likeness (QED) is 0.169. The zero-order chi connectivity index (χ0) is 29.1.